The maximum absolute atomic E-state index is 13.6. The molecule has 7 heteroatoms. The molecule has 36 heavy (non-hydrogen) atoms. The zero-order chi connectivity index (χ0) is 24.9. The van der Waals surface area contributed by atoms with E-state index in [9.17, 15) is 4.79 Å². The van der Waals surface area contributed by atoms with Gasteiger partial charge in [-0.1, -0.05) is 103 Å². The zero-order valence-electron chi connectivity index (χ0n) is 20.2. The predicted octanol–water partition coefficient (Wildman–Crippen LogP) is 6.47. The van der Waals surface area contributed by atoms with Crippen molar-refractivity contribution in [2.24, 2.45) is 0 Å². The first-order valence-corrected chi connectivity index (χ1v) is 12.8. The Morgan fingerprint density at radius 3 is 2.44 bits per heavy atom. The number of allylic oxidation sites excluding steroid dienone is 2. The van der Waals surface area contributed by atoms with Crippen LogP contribution in [0.2, 0.25) is 0 Å². The van der Waals surface area contributed by atoms with Crippen LogP contribution in [0.25, 0.3) is 6.08 Å². The van der Waals surface area contributed by atoms with Gasteiger partial charge in [0.15, 0.2) is 0 Å². The van der Waals surface area contributed by atoms with E-state index in [1.54, 1.807) is 16.4 Å². The van der Waals surface area contributed by atoms with E-state index in [1.807, 2.05) is 98.8 Å². The number of aromatic nitrogens is 3. The fourth-order valence-corrected chi connectivity index (χ4v) is 4.88. The Hall–Kier alpha value is -4.10. The molecule has 2 heterocycles. The number of hydrogen-bond acceptors (Lipinski definition) is 5. The van der Waals surface area contributed by atoms with Gasteiger partial charge in [0.05, 0.1) is 5.57 Å². The number of anilines is 2. The SMILES string of the molecule is CC1=C(C(=O)Nc2ccccc2C)C(/C=C/c2ccccc2)n2nc(SCc3ccccc3)nc2N1. The molecule has 0 saturated heterocycles. The van der Waals surface area contributed by atoms with E-state index < -0.39 is 6.04 Å². The minimum atomic E-state index is -0.413. The first-order valence-electron chi connectivity index (χ1n) is 11.8. The van der Waals surface area contributed by atoms with Gasteiger partial charge in [0, 0.05) is 17.1 Å². The summed E-state index contributed by atoms with van der Waals surface area (Å²) in [4.78, 5) is 18.3. The molecular formula is C29H27N5OS. The summed E-state index contributed by atoms with van der Waals surface area (Å²) in [6, 6.07) is 27.6. The number of rotatable bonds is 7. The van der Waals surface area contributed by atoms with Crippen molar-refractivity contribution in [3.63, 3.8) is 0 Å². The number of amides is 1. The Bertz CT molecular complexity index is 1430. The first kappa shape index (κ1) is 23.6. The van der Waals surface area contributed by atoms with Crippen LogP contribution in [-0.2, 0) is 10.5 Å². The third kappa shape index (κ3) is 5.26. The Morgan fingerprint density at radius 1 is 1.00 bits per heavy atom. The van der Waals surface area contributed by atoms with E-state index in [0.29, 0.717) is 16.7 Å². The normalized spacial score (nSPS) is 15.0. The fourth-order valence-electron chi connectivity index (χ4n) is 4.10. The lowest BCUT2D eigenvalue weighted by atomic mass is 10.0. The van der Waals surface area contributed by atoms with Crippen molar-refractivity contribution in [3.8, 4) is 0 Å². The molecule has 5 rings (SSSR count). The van der Waals surface area contributed by atoms with Crippen molar-refractivity contribution in [3.05, 3.63) is 119 Å². The van der Waals surface area contributed by atoms with Crippen LogP contribution in [-0.4, -0.2) is 20.7 Å². The third-order valence-corrected chi connectivity index (χ3v) is 6.90. The molecule has 2 N–H and O–H groups in total. The topological polar surface area (TPSA) is 71.8 Å². The first-order chi connectivity index (χ1) is 17.6. The van der Waals surface area contributed by atoms with Gasteiger partial charge in [-0.2, -0.15) is 4.98 Å². The van der Waals surface area contributed by atoms with Gasteiger partial charge in [0.1, 0.15) is 6.04 Å². The van der Waals surface area contributed by atoms with Gasteiger partial charge in [-0.05, 0) is 36.6 Å². The number of thioether (sulfide) groups is 1. The molecule has 6 nitrogen and oxygen atoms in total. The van der Waals surface area contributed by atoms with E-state index in [-0.39, 0.29) is 5.91 Å². The number of benzene rings is 3. The average molecular weight is 494 g/mol. The zero-order valence-corrected chi connectivity index (χ0v) is 21.0. The molecule has 180 valence electrons. The van der Waals surface area contributed by atoms with Crippen LogP contribution in [0.4, 0.5) is 11.6 Å². The minimum absolute atomic E-state index is 0.170. The number of carbonyl (C=O) groups is 1. The van der Waals surface area contributed by atoms with E-state index in [1.165, 1.54) is 5.56 Å². The molecule has 0 radical (unpaired) electrons. The maximum atomic E-state index is 13.6. The highest BCUT2D eigenvalue weighted by Crippen LogP contribution is 2.34. The number of carbonyl (C=O) groups excluding carboxylic acids is 1. The molecule has 0 bridgehead atoms. The third-order valence-electron chi connectivity index (χ3n) is 5.99. The molecule has 0 saturated carbocycles. The maximum Gasteiger partial charge on any atom is 0.255 e. The van der Waals surface area contributed by atoms with Gasteiger partial charge in [-0.15, -0.1) is 5.10 Å². The lowest BCUT2D eigenvalue weighted by Gasteiger charge is -2.26. The second-order valence-corrected chi connectivity index (χ2v) is 9.53. The van der Waals surface area contributed by atoms with Crippen LogP contribution in [0.3, 0.4) is 0 Å². The van der Waals surface area contributed by atoms with Crippen molar-refractivity contribution >= 4 is 35.4 Å². The van der Waals surface area contributed by atoms with Crippen LogP contribution in [0.5, 0.6) is 0 Å². The summed E-state index contributed by atoms with van der Waals surface area (Å²) in [7, 11) is 0. The van der Waals surface area contributed by atoms with Gasteiger partial charge in [-0.3, -0.25) is 4.79 Å². The molecule has 1 aromatic heterocycles. The quantitative estimate of drug-likeness (QED) is 0.289. The Morgan fingerprint density at radius 2 is 1.69 bits per heavy atom. The summed E-state index contributed by atoms with van der Waals surface area (Å²) < 4.78 is 1.80. The molecule has 0 spiro atoms. The highest BCUT2D eigenvalue weighted by molar-refractivity contribution is 7.98. The number of fused-ring (bicyclic) bond motifs is 1. The van der Waals surface area contributed by atoms with Crippen LogP contribution in [0.15, 0.2) is 107 Å². The molecule has 1 unspecified atom stereocenters. The summed E-state index contributed by atoms with van der Waals surface area (Å²) in [6.45, 7) is 3.89. The highest BCUT2D eigenvalue weighted by Gasteiger charge is 2.31. The number of para-hydroxylation sites is 1. The van der Waals surface area contributed by atoms with Gasteiger partial charge in [0.2, 0.25) is 11.1 Å². The number of hydrogen-bond donors (Lipinski definition) is 2. The van der Waals surface area contributed by atoms with Crippen LogP contribution in [0, 0.1) is 6.92 Å². The Kier molecular flexibility index (Phi) is 7.00. The Labute approximate surface area is 215 Å². The van der Waals surface area contributed by atoms with E-state index in [0.717, 1.165) is 28.3 Å². The fraction of sp³-hybridized carbons (Fsp3) is 0.138. The largest absolute Gasteiger partial charge is 0.328 e. The van der Waals surface area contributed by atoms with Crippen LogP contribution in [0.1, 0.15) is 29.7 Å². The molecule has 1 aliphatic rings. The van der Waals surface area contributed by atoms with Crippen molar-refractivity contribution in [2.45, 2.75) is 30.8 Å². The summed E-state index contributed by atoms with van der Waals surface area (Å²) >= 11 is 1.57. The van der Waals surface area contributed by atoms with E-state index in [2.05, 4.69) is 22.8 Å². The summed E-state index contributed by atoms with van der Waals surface area (Å²) in [5.74, 6) is 1.22. The van der Waals surface area contributed by atoms with E-state index >= 15 is 0 Å². The summed E-state index contributed by atoms with van der Waals surface area (Å²) in [5, 5.41) is 11.8. The van der Waals surface area contributed by atoms with Gasteiger partial charge >= 0.3 is 0 Å². The van der Waals surface area contributed by atoms with Gasteiger partial charge < -0.3 is 10.6 Å². The highest BCUT2D eigenvalue weighted by atomic mass is 32.2. The lowest BCUT2D eigenvalue weighted by molar-refractivity contribution is -0.113. The summed E-state index contributed by atoms with van der Waals surface area (Å²) in [5.41, 5.74) is 5.40. The van der Waals surface area contributed by atoms with Crippen molar-refractivity contribution in [2.75, 3.05) is 10.6 Å². The lowest BCUT2D eigenvalue weighted by Crippen LogP contribution is -2.30. The van der Waals surface area contributed by atoms with Crippen LogP contribution >= 0.6 is 11.8 Å². The predicted molar refractivity (Wildman–Crippen MR) is 147 cm³/mol. The molecule has 1 atom stereocenters. The number of aryl methyl sites for hydroxylation is 1. The van der Waals surface area contributed by atoms with Crippen molar-refractivity contribution in [1.82, 2.24) is 14.8 Å². The number of nitrogens with zero attached hydrogens (tertiary/aromatic N) is 3. The number of nitrogens with one attached hydrogen (secondary N) is 2. The molecule has 0 fully saturated rings. The molecule has 1 aliphatic heterocycles. The average Bonchev–Trinajstić information content (AvgIpc) is 3.31. The monoisotopic (exact) mass is 493 g/mol. The van der Waals surface area contributed by atoms with Gasteiger partial charge in [-0.25, -0.2) is 4.68 Å². The second-order valence-electron chi connectivity index (χ2n) is 8.58. The Balaban J connectivity index is 1.46. The van der Waals surface area contributed by atoms with Gasteiger partial charge in [0.25, 0.3) is 5.91 Å². The second kappa shape index (κ2) is 10.7. The summed E-state index contributed by atoms with van der Waals surface area (Å²) in [6.07, 6.45) is 4.03. The molecule has 3 aromatic carbocycles. The molecular weight excluding hydrogens is 466 g/mol. The molecule has 0 aliphatic carbocycles. The standard InChI is InChI=1S/C29H27N5OS/c1-20-11-9-10-16-24(20)31-27(35)26-21(2)30-28-32-29(36-19-23-14-7-4-8-15-23)33-34(28)25(26)18-17-22-12-5-3-6-13-22/h3-18,25H,19H2,1-2H3,(H,31,35)(H,30,32,33)/b18-17+. The minimum Gasteiger partial charge on any atom is -0.328 e. The van der Waals surface area contributed by atoms with Crippen molar-refractivity contribution in [1.29, 1.82) is 0 Å². The smallest absolute Gasteiger partial charge is 0.255 e. The van der Waals surface area contributed by atoms with Crippen LogP contribution < -0.4 is 10.6 Å². The molecule has 1 amide bonds. The molecule has 4 aromatic rings. The van der Waals surface area contributed by atoms with Crippen molar-refractivity contribution < 1.29 is 4.79 Å². The van der Waals surface area contributed by atoms with E-state index in [4.69, 9.17) is 10.1 Å².